The topological polar surface area (TPSA) is 56.1 Å². The van der Waals surface area contributed by atoms with Gasteiger partial charge in [-0.3, -0.25) is 4.79 Å². The van der Waals surface area contributed by atoms with E-state index >= 15 is 0 Å². The highest BCUT2D eigenvalue weighted by atomic mass is 16.2. The Morgan fingerprint density at radius 3 is 2.83 bits per heavy atom. The van der Waals surface area contributed by atoms with Crippen molar-refractivity contribution in [2.75, 3.05) is 13.1 Å². The molecule has 1 aliphatic rings. The zero-order valence-electron chi connectivity index (χ0n) is 10.3. The van der Waals surface area contributed by atoms with Crippen molar-refractivity contribution in [2.24, 2.45) is 0 Å². The molecule has 0 aliphatic carbocycles. The molecule has 1 fully saturated rings. The van der Waals surface area contributed by atoms with Gasteiger partial charge in [0.1, 0.15) is 6.54 Å². The molecule has 0 bridgehead atoms. The standard InChI is InChI=1S/C14H17N3O/c15-8-10-17(11-12-5-2-1-3-6-12)14(18)13-7-4-9-16-13/h1-3,5-6,13,16H,4,7,9-11H2/t13-/m1/s1. The quantitative estimate of drug-likeness (QED) is 0.811. The number of amides is 1. The molecule has 1 aromatic rings. The van der Waals surface area contributed by atoms with Gasteiger partial charge < -0.3 is 10.2 Å². The van der Waals surface area contributed by atoms with Crippen molar-refractivity contribution in [3.63, 3.8) is 0 Å². The molecule has 4 heteroatoms. The first-order valence-electron chi connectivity index (χ1n) is 6.24. The van der Waals surface area contributed by atoms with E-state index in [2.05, 4.69) is 11.4 Å². The van der Waals surface area contributed by atoms with Crippen LogP contribution in [0.1, 0.15) is 18.4 Å². The lowest BCUT2D eigenvalue weighted by Gasteiger charge is -2.23. The van der Waals surface area contributed by atoms with Gasteiger partial charge in [-0.05, 0) is 24.9 Å². The van der Waals surface area contributed by atoms with E-state index in [1.807, 2.05) is 30.3 Å². The lowest BCUT2D eigenvalue weighted by Crippen LogP contribution is -2.43. The van der Waals surface area contributed by atoms with Crippen molar-refractivity contribution in [1.29, 1.82) is 5.26 Å². The van der Waals surface area contributed by atoms with E-state index in [0.29, 0.717) is 6.54 Å². The number of nitriles is 1. The Morgan fingerprint density at radius 1 is 1.44 bits per heavy atom. The smallest absolute Gasteiger partial charge is 0.240 e. The van der Waals surface area contributed by atoms with Gasteiger partial charge in [0.15, 0.2) is 0 Å². The Balaban J connectivity index is 2.03. The number of nitrogens with one attached hydrogen (secondary N) is 1. The van der Waals surface area contributed by atoms with Gasteiger partial charge in [0.05, 0.1) is 12.1 Å². The van der Waals surface area contributed by atoms with Crippen LogP contribution in [-0.2, 0) is 11.3 Å². The van der Waals surface area contributed by atoms with Crippen LogP contribution >= 0.6 is 0 Å². The van der Waals surface area contributed by atoms with Gasteiger partial charge >= 0.3 is 0 Å². The van der Waals surface area contributed by atoms with Crippen molar-refractivity contribution < 1.29 is 4.79 Å². The Hall–Kier alpha value is -1.86. The van der Waals surface area contributed by atoms with Crippen LogP contribution in [0.15, 0.2) is 30.3 Å². The molecule has 0 spiro atoms. The van der Waals surface area contributed by atoms with E-state index in [0.717, 1.165) is 24.9 Å². The summed E-state index contributed by atoms with van der Waals surface area (Å²) >= 11 is 0. The molecule has 94 valence electrons. The summed E-state index contributed by atoms with van der Waals surface area (Å²) in [5, 5.41) is 12.0. The number of nitrogens with zero attached hydrogens (tertiary/aromatic N) is 2. The molecule has 1 atom stereocenters. The number of hydrogen-bond donors (Lipinski definition) is 1. The fraction of sp³-hybridized carbons (Fsp3) is 0.429. The van der Waals surface area contributed by atoms with Gasteiger partial charge in [-0.1, -0.05) is 30.3 Å². The third-order valence-corrected chi connectivity index (χ3v) is 3.15. The molecule has 1 aromatic carbocycles. The highest BCUT2D eigenvalue weighted by molar-refractivity contribution is 5.82. The Morgan fingerprint density at radius 2 is 2.22 bits per heavy atom. The molecule has 2 rings (SSSR count). The number of rotatable bonds is 4. The van der Waals surface area contributed by atoms with Crippen LogP contribution in [0.3, 0.4) is 0 Å². The molecule has 1 saturated heterocycles. The number of benzene rings is 1. The molecule has 1 heterocycles. The average molecular weight is 243 g/mol. The number of carbonyl (C=O) groups is 1. The zero-order valence-corrected chi connectivity index (χ0v) is 10.3. The van der Waals surface area contributed by atoms with Gasteiger partial charge in [-0.25, -0.2) is 0 Å². The van der Waals surface area contributed by atoms with E-state index < -0.39 is 0 Å². The van der Waals surface area contributed by atoms with Gasteiger partial charge in [-0.15, -0.1) is 0 Å². The fourth-order valence-corrected chi connectivity index (χ4v) is 2.22. The molecule has 4 nitrogen and oxygen atoms in total. The summed E-state index contributed by atoms with van der Waals surface area (Å²) in [4.78, 5) is 13.9. The maximum absolute atomic E-state index is 12.3. The maximum Gasteiger partial charge on any atom is 0.240 e. The second kappa shape index (κ2) is 6.18. The highest BCUT2D eigenvalue weighted by Crippen LogP contribution is 2.11. The molecule has 0 aromatic heterocycles. The average Bonchev–Trinajstić information content (AvgIpc) is 2.92. The van der Waals surface area contributed by atoms with E-state index in [-0.39, 0.29) is 18.5 Å². The number of carbonyl (C=O) groups excluding carboxylic acids is 1. The van der Waals surface area contributed by atoms with E-state index in [9.17, 15) is 4.79 Å². The third-order valence-electron chi connectivity index (χ3n) is 3.15. The van der Waals surface area contributed by atoms with Crippen LogP contribution in [0.25, 0.3) is 0 Å². The second-order valence-corrected chi connectivity index (χ2v) is 4.49. The lowest BCUT2D eigenvalue weighted by atomic mass is 10.1. The summed E-state index contributed by atoms with van der Waals surface area (Å²) in [5.41, 5.74) is 1.05. The van der Waals surface area contributed by atoms with Crippen LogP contribution < -0.4 is 5.32 Å². The van der Waals surface area contributed by atoms with Crippen molar-refractivity contribution in [2.45, 2.75) is 25.4 Å². The first-order valence-corrected chi connectivity index (χ1v) is 6.24. The van der Waals surface area contributed by atoms with E-state index in [1.165, 1.54) is 0 Å². The van der Waals surface area contributed by atoms with Crippen LogP contribution in [0.2, 0.25) is 0 Å². The maximum atomic E-state index is 12.3. The van der Waals surface area contributed by atoms with Crippen molar-refractivity contribution >= 4 is 5.91 Å². The third kappa shape index (κ3) is 3.08. The summed E-state index contributed by atoms with van der Waals surface area (Å²) in [6, 6.07) is 11.7. The van der Waals surface area contributed by atoms with Gasteiger partial charge in [0.25, 0.3) is 0 Å². The first-order chi connectivity index (χ1) is 8.81. The van der Waals surface area contributed by atoms with Crippen LogP contribution in [0, 0.1) is 11.3 Å². The van der Waals surface area contributed by atoms with E-state index in [4.69, 9.17) is 5.26 Å². The summed E-state index contributed by atoms with van der Waals surface area (Å²) in [6.45, 7) is 1.54. The monoisotopic (exact) mass is 243 g/mol. The predicted molar refractivity (Wildman–Crippen MR) is 68.5 cm³/mol. The minimum Gasteiger partial charge on any atom is -0.324 e. The van der Waals surface area contributed by atoms with E-state index in [1.54, 1.807) is 4.90 Å². The van der Waals surface area contributed by atoms with Crippen LogP contribution in [0.4, 0.5) is 0 Å². The summed E-state index contributed by atoms with van der Waals surface area (Å²) < 4.78 is 0. The molecule has 1 aliphatic heterocycles. The van der Waals surface area contributed by atoms with Gasteiger partial charge in [-0.2, -0.15) is 5.26 Å². The fourth-order valence-electron chi connectivity index (χ4n) is 2.22. The molecule has 0 radical (unpaired) electrons. The Kier molecular flexibility index (Phi) is 4.32. The lowest BCUT2D eigenvalue weighted by molar-refractivity contribution is -0.133. The molecule has 1 N–H and O–H groups in total. The summed E-state index contributed by atoms with van der Waals surface area (Å²) in [5.74, 6) is 0.0397. The van der Waals surface area contributed by atoms with Crippen LogP contribution in [-0.4, -0.2) is 29.9 Å². The Labute approximate surface area is 107 Å². The molecular formula is C14H17N3O. The van der Waals surface area contributed by atoms with Gasteiger partial charge in [0.2, 0.25) is 5.91 Å². The first kappa shape index (κ1) is 12.6. The minimum atomic E-state index is -0.109. The van der Waals surface area contributed by atoms with Crippen molar-refractivity contribution in [1.82, 2.24) is 10.2 Å². The SMILES string of the molecule is N#CCN(Cc1ccccc1)C(=O)[C@H]1CCCN1. The van der Waals surface area contributed by atoms with Crippen molar-refractivity contribution in [3.05, 3.63) is 35.9 Å². The summed E-state index contributed by atoms with van der Waals surface area (Å²) in [6.07, 6.45) is 1.90. The number of hydrogen-bond acceptors (Lipinski definition) is 3. The zero-order chi connectivity index (χ0) is 12.8. The molecule has 1 amide bonds. The second-order valence-electron chi connectivity index (χ2n) is 4.49. The minimum absolute atomic E-state index is 0.0397. The molecule has 18 heavy (non-hydrogen) atoms. The largest absolute Gasteiger partial charge is 0.324 e. The van der Waals surface area contributed by atoms with Crippen molar-refractivity contribution in [3.8, 4) is 6.07 Å². The normalized spacial score (nSPS) is 18.3. The van der Waals surface area contributed by atoms with Crippen LogP contribution in [0.5, 0.6) is 0 Å². The molecule has 0 unspecified atom stereocenters. The molecule has 0 saturated carbocycles. The highest BCUT2D eigenvalue weighted by Gasteiger charge is 2.26. The van der Waals surface area contributed by atoms with Gasteiger partial charge in [0, 0.05) is 6.54 Å². The Bertz CT molecular complexity index is 432. The summed E-state index contributed by atoms with van der Waals surface area (Å²) in [7, 11) is 0. The predicted octanol–water partition coefficient (Wildman–Crippen LogP) is 1.29. The molecular weight excluding hydrogens is 226 g/mol.